The number of para-hydroxylation sites is 1. The van der Waals surface area contributed by atoms with Gasteiger partial charge in [0.15, 0.2) is 0 Å². The molecule has 1 saturated heterocycles. The number of alkyl halides is 2. The van der Waals surface area contributed by atoms with Gasteiger partial charge in [0.25, 0.3) is 5.91 Å². The number of carbonyl (C=O) groups excluding carboxylic acids is 1. The molecule has 0 unspecified atom stereocenters. The Bertz CT molecular complexity index is 763. The first-order valence-electron chi connectivity index (χ1n) is 8.83. The molecule has 1 aliphatic heterocycles. The summed E-state index contributed by atoms with van der Waals surface area (Å²) >= 11 is 5.91. The molecule has 1 N–H and O–H groups in total. The van der Waals surface area contributed by atoms with Crippen LogP contribution in [0.15, 0.2) is 48.5 Å². The van der Waals surface area contributed by atoms with Crippen molar-refractivity contribution in [2.24, 2.45) is 0 Å². The SMILES string of the molecule is O=C(NC1CCN(Cc2ccc(Cl)cc2)CC1)c1ccccc1OC(F)F. The lowest BCUT2D eigenvalue weighted by Crippen LogP contribution is -2.44. The van der Waals surface area contributed by atoms with Gasteiger partial charge in [-0.3, -0.25) is 9.69 Å². The molecular weight excluding hydrogens is 374 g/mol. The molecular formula is C20H21ClF2N2O2. The zero-order valence-corrected chi connectivity index (χ0v) is 15.5. The van der Waals surface area contributed by atoms with Crippen LogP contribution in [0, 0.1) is 0 Å². The lowest BCUT2D eigenvalue weighted by molar-refractivity contribution is -0.0501. The molecule has 2 aromatic carbocycles. The number of halogens is 3. The van der Waals surface area contributed by atoms with Crippen molar-refractivity contribution in [3.63, 3.8) is 0 Å². The molecule has 0 aliphatic carbocycles. The number of nitrogens with one attached hydrogen (secondary N) is 1. The van der Waals surface area contributed by atoms with E-state index in [0.717, 1.165) is 37.5 Å². The monoisotopic (exact) mass is 394 g/mol. The summed E-state index contributed by atoms with van der Waals surface area (Å²) < 4.78 is 29.4. The van der Waals surface area contributed by atoms with Gasteiger partial charge in [-0.25, -0.2) is 0 Å². The zero-order chi connectivity index (χ0) is 19.2. The van der Waals surface area contributed by atoms with Crippen molar-refractivity contribution in [2.45, 2.75) is 32.0 Å². The summed E-state index contributed by atoms with van der Waals surface area (Å²) in [6.45, 7) is -0.427. The number of rotatable bonds is 6. The standard InChI is InChI=1S/C20H21ClF2N2O2/c21-15-7-5-14(6-8-15)13-25-11-9-16(10-12-25)24-19(26)17-3-1-2-4-18(17)27-20(22)23/h1-8,16,20H,9-13H2,(H,24,26). The van der Waals surface area contributed by atoms with Gasteiger partial charge in [0.05, 0.1) is 5.56 Å². The van der Waals surface area contributed by atoms with Crippen LogP contribution in [0.3, 0.4) is 0 Å². The predicted octanol–water partition coefficient (Wildman–Crippen LogP) is 4.34. The molecule has 0 aromatic heterocycles. The summed E-state index contributed by atoms with van der Waals surface area (Å²) in [7, 11) is 0. The molecule has 0 saturated carbocycles. The molecule has 0 atom stereocenters. The summed E-state index contributed by atoms with van der Waals surface area (Å²) in [6, 6.07) is 13.8. The molecule has 4 nitrogen and oxygen atoms in total. The van der Waals surface area contributed by atoms with Crippen LogP contribution in [-0.2, 0) is 6.54 Å². The van der Waals surface area contributed by atoms with Crippen molar-refractivity contribution < 1.29 is 18.3 Å². The van der Waals surface area contributed by atoms with Crippen LogP contribution in [0.2, 0.25) is 5.02 Å². The van der Waals surface area contributed by atoms with E-state index in [1.165, 1.54) is 17.7 Å². The van der Waals surface area contributed by atoms with E-state index in [1.54, 1.807) is 12.1 Å². The fourth-order valence-corrected chi connectivity index (χ4v) is 3.33. The molecule has 144 valence electrons. The summed E-state index contributed by atoms with van der Waals surface area (Å²) in [5.41, 5.74) is 1.32. The molecule has 1 heterocycles. The van der Waals surface area contributed by atoms with Crippen LogP contribution in [0.1, 0.15) is 28.8 Å². The van der Waals surface area contributed by atoms with Crippen molar-refractivity contribution >= 4 is 17.5 Å². The molecule has 0 bridgehead atoms. The van der Waals surface area contributed by atoms with Gasteiger partial charge in [-0.15, -0.1) is 0 Å². The number of ether oxygens (including phenoxy) is 1. The third kappa shape index (κ3) is 5.65. The van der Waals surface area contributed by atoms with Crippen molar-refractivity contribution in [3.8, 4) is 5.75 Å². The highest BCUT2D eigenvalue weighted by Gasteiger charge is 2.23. The topological polar surface area (TPSA) is 41.6 Å². The van der Waals surface area contributed by atoms with E-state index in [2.05, 4.69) is 15.0 Å². The van der Waals surface area contributed by atoms with Crippen molar-refractivity contribution in [3.05, 3.63) is 64.7 Å². The van der Waals surface area contributed by atoms with Crippen LogP contribution in [0.5, 0.6) is 5.75 Å². The first-order valence-corrected chi connectivity index (χ1v) is 9.20. The smallest absolute Gasteiger partial charge is 0.387 e. The number of nitrogens with zero attached hydrogens (tertiary/aromatic N) is 1. The number of hydrogen-bond donors (Lipinski definition) is 1. The van der Waals surface area contributed by atoms with Crippen LogP contribution in [0.25, 0.3) is 0 Å². The van der Waals surface area contributed by atoms with Crippen molar-refractivity contribution in [1.29, 1.82) is 0 Å². The van der Waals surface area contributed by atoms with Crippen LogP contribution >= 0.6 is 11.6 Å². The molecule has 3 rings (SSSR count). The second-order valence-corrected chi connectivity index (χ2v) is 6.96. The van der Waals surface area contributed by atoms with Gasteiger partial charge in [-0.2, -0.15) is 8.78 Å². The van der Waals surface area contributed by atoms with E-state index in [0.29, 0.717) is 0 Å². The van der Waals surface area contributed by atoms with E-state index in [1.807, 2.05) is 24.3 Å². The van der Waals surface area contributed by atoms with E-state index in [4.69, 9.17) is 11.6 Å². The number of likely N-dealkylation sites (tertiary alicyclic amines) is 1. The minimum Gasteiger partial charge on any atom is -0.434 e. The van der Waals surface area contributed by atoms with Gasteiger partial charge < -0.3 is 10.1 Å². The summed E-state index contributed by atoms with van der Waals surface area (Å²) in [4.78, 5) is 14.8. The Hall–Kier alpha value is -2.18. The number of carbonyl (C=O) groups is 1. The first-order chi connectivity index (χ1) is 13.0. The number of piperidine rings is 1. The van der Waals surface area contributed by atoms with Gasteiger partial charge in [0.1, 0.15) is 5.75 Å². The van der Waals surface area contributed by atoms with Crippen LogP contribution < -0.4 is 10.1 Å². The Morgan fingerprint density at radius 1 is 1.15 bits per heavy atom. The maximum atomic E-state index is 12.5. The average Bonchev–Trinajstić information content (AvgIpc) is 2.65. The quantitative estimate of drug-likeness (QED) is 0.792. The Morgan fingerprint density at radius 3 is 2.48 bits per heavy atom. The van der Waals surface area contributed by atoms with Gasteiger partial charge in [-0.05, 0) is 42.7 Å². The fourth-order valence-electron chi connectivity index (χ4n) is 3.20. The molecule has 0 radical (unpaired) electrons. The second kappa shape index (κ2) is 9.15. The highest BCUT2D eigenvalue weighted by atomic mass is 35.5. The maximum absolute atomic E-state index is 12.5. The highest BCUT2D eigenvalue weighted by Crippen LogP contribution is 2.21. The second-order valence-electron chi connectivity index (χ2n) is 6.53. The molecule has 1 fully saturated rings. The van der Waals surface area contributed by atoms with Crippen LogP contribution in [-0.4, -0.2) is 36.5 Å². The van der Waals surface area contributed by atoms with E-state index in [-0.39, 0.29) is 23.3 Å². The van der Waals surface area contributed by atoms with Gasteiger partial charge in [0.2, 0.25) is 0 Å². The van der Waals surface area contributed by atoms with Gasteiger partial charge in [-0.1, -0.05) is 35.9 Å². The summed E-state index contributed by atoms with van der Waals surface area (Å²) in [6.07, 6.45) is 1.61. The molecule has 0 spiro atoms. The summed E-state index contributed by atoms with van der Waals surface area (Å²) in [5.74, 6) is -0.493. The Morgan fingerprint density at radius 2 is 1.81 bits per heavy atom. The third-order valence-corrected chi connectivity index (χ3v) is 4.84. The van der Waals surface area contributed by atoms with Gasteiger partial charge >= 0.3 is 6.61 Å². The fraction of sp³-hybridized carbons (Fsp3) is 0.350. The maximum Gasteiger partial charge on any atom is 0.387 e. The minimum atomic E-state index is -2.96. The van der Waals surface area contributed by atoms with Gasteiger partial charge in [0, 0.05) is 30.7 Å². The van der Waals surface area contributed by atoms with E-state index >= 15 is 0 Å². The minimum absolute atomic E-state index is 0.0126. The molecule has 27 heavy (non-hydrogen) atoms. The Balaban J connectivity index is 1.52. The normalized spacial score (nSPS) is 15.7. The largest absolute Gasteiger partial charge is 0.434 e. The number of benzene rings is 2. The highest BCUT2D eigenvalue weighted by molar-refractivity contribution is 6.30. The predicted molar refractivity (Wildman–Crippen MR) is 100 cm³/mol. The van der Waals surface area contributed by atoms with Crippen LogP contribution in [0.4, 0.5) is 8.78 Å². The average molecular weight is 395 g/mol. The lowest BCUT2D eigenvalue weighted by atomic mass is 10.0. The Labute approximate surface area is 162 Å². The molecule has 2 aromatic rings. The van der Waals surface area contributed by atoms with Crippen molar-refractivity contribution in [2.75, 3.05) is 13.1 Å². The number of amides is 1. The molecule has 7 heteroatoms. The first kappa shape index (κ1) is 19.6. The molecule has 1 amide bonds. The van der Waals surface area contributed by atoms with Crippen molar-refractivity contribution in [1.82, 2.24) is 10.2 Å². The third-order valence-electron chi connectivity index (χ3n) is 4.59. The lowest BCUT2D eigenvalue weighted by Gasteiger charge is -2.32. The Kier molecular flexibility index (Phi) is 6.63. The number of hydrogen-bond acceptors (Lipinski definition) is 3. The zero-order valence-electron chi connectivity index (χ0n) is 14.7. The van der Waals surface area contributed by atoms with E-state index < -0.39 is 6.61 Å². The van der Waals surface area contributed by atoms with E-state index in [9.17, 15) is 13.6 Å². The summed E-state index contributed by atoms with van der Waals surface area (Å²) in [5, 5.41) is 3.65. The molecule has 1 aliphatic rings.